The lowest BCUT2D eigenvalue weighted by molar-refractivity contribution is 0.627. The van der Waals surface area contributed by atoms with Crippen LogP contribution in [0, 0.1) is 11.6 Å². The lowest BCUT2D eigenvalue weighted by atomic mass is 10.1. The molecule has 2 aromatic carbocycles. The molecule has 0 fully saturated rings. The first-order valence-electron chi connectivity index (χ1n) is 7.40. The second-order valence-electron chi connectivity index (χ2n) is 5.07. The molecule has 0 amide bonds. The van der Waals surface area contributed by atoms with Crippen LogP contribution in [0.5, 0.6) is 0 Å². The van der Waals surface area contributed by atoms with E-state index in [1.54, 1.807) is 30.3 Å². The lowest BCUT2D eigenvalue weighted by Crippen LogP contribution is -2.09. The van der Waals surface area contributed by atoms with E-state index in [0.717, 1.165) is 5.56 Å². The molecule has 2 N–H and O–H groups in total. The minimum Gasteiger partial charge on any atom is -0.368 e. The van der Waals surface area contributed by atoms with Crippen LogP contribution < -0.4 is 10.6 Å². The molecule has 122 valence electrons. The maximum Gasteiger partial charge on any atom is 0.249 e. The van der Waals surface area contributed by atoms with Gasteiger partial charge in [0, 0.05) is 6.54 Å². The number of anilines is 3. The Morgan fingerprint density at radius 1 is 0.958 bits per heavy atom. The van der Waals surface area contributed by atoms with Gasteiger partial charge in [0.05, 0.1) is 11.9 Å². The summed E-state index contributed by atoms with van der Waals surface area (Å²) in [4.78, 5) is 4.23. The van der Waals surface area contributed by atoms with Crippen molar-refractivity contribution in [2.45, 2.75) is 6.42 Å². The van der Waals surface area contributed by atoms with Gasteiger partial charge in [-0.1, -0.05) is 24.3 Å². The molecule has 24 heavy (non-hydrogen) atoms. The molecule has 3 rings (SSSR count). The van der Waals surface area contributed by atoms with Crippen molar-refractivity contribution in [2.75, 3.05) is 17.2 Å². The van der Waals surface area contributed by atoms with E-state index >= 15 is 0 Å². The normalized spacial score (nSPS) is 10.4. The van der Waals surface area contributed by atoms with Crippen LogP contribution in [0.2, 0.25) is 0 Å². The van der Waals surface area contributed by atoms with Crippen LogP contribution in [0.4, 0.5) is 26.2 Å². The van der Waals surface area contributed by atoms with E-state index in [9.17, 15) is 8.78 Å². The Balaban J connectivity index is 1.59. The maximum absolute atomic E-state index is 13.6. The second kappa shape index (κ2) is 7.45. The first kappa shape index (κ1) is 15.8. The van der Waals surface area contributed by atoms with E-state index in [-0.39, 0.29) is 17.5 Å². The summed E-state index contributed by atoms with van der Waals surface area (Å²) in [5.41, 5.74) is 1.29. The zero-order chi connectivity index (χ0) is 16.8. The molecule has 0 spiro atoms. The second-order valence-corrected chi connectivity index (χ2v) is 5.07. The molecule has 5 nitrogen and oxygen atoms in total. The zero-order valence-electron chi connectivity index (χ0n) is 12.7. The summed E-state index contributed by atoms with van der Waals surface area (Å²) in [6.45, 7) is 0.601. The number of nitrogens with one attached hydrogen (secondary N) is 2. The van der Waals surface area contributed by atoms with Crippen LogP contribution in [0.25, 0.3) is 0 Å². The Bertz CT molecular complexity index is 808. The largest absolute Gasteiger partial charge is 0.368 e. The highest BCUT2D eigenvalue weighted by Gasteiger charge is 2.05. The summed E-state index contributed by atoms with van der Waals surface area (Å²) >= 11 is 0. The smallest absolute Gasteiger partial charge is 0.249 e. The molecule has 0 aliphatic rings. The molecule has 0 radical (unpaired) electrons. The first-order chi connectivity index (χ1) is 11.7. The van der Waals surface area contributed by atoms with Crippen molar-refractivity contribution < 1.29 is 8.78 Å². The Morgan fingerprint density at radius 3 is 2.54 bits per heavy atom. The molecule has 0 saturated carbocycles. The summed E-state index contributed by atoms with van der Waals surface area (Å²) in [7, 11) is 0. The molecule has 0 unspecified atom stereocenters. The molecule has 0 saturated heterocycles. The van der Waals surface area contributed by atoms with Crippen LogP contribution in [-0.4, -0.2) is 21.7 Å². The van der Waals surface area contributed by atoms with Gasteiger partial charge < -0.3 is 10.6 Å². The summed E-state index contributed by atoms with van der Waals surface area (Å²) in [6.07, 6.45) is 2.19. The highest BCUT2D eigenvalue weighted by Crippen LogP contribution is 2.16. The van der Waals surface area contributed by atoms with Gasteiger partial charge in [0.25, 0.3) is 0 Å². The fourth-order valence-corrected chi connectivity index (χ4v) is 2.11. The third kappa shape index (κ3) is 4.22. The molecule has 7 heteroatoms. The van der Waals surface area contributed by atoms with Crippen molar-refractivity contribution in [3.8, 4) is 0 Å². The number of hydrogen-bond donors (Lipinski definition) is 2. The van der Waals surface area contributed by atoms with Crippen molar-refractivity contribution in [1.29, 1.82) is 0 Å². The van der Waals surface area contributed by atoms with Crippen molar-refractivity contribution >= 4 is 17.5 Å². The minimum atomic E-state index is -0.393. The van der Waals surface area contributed by atoms with E-state index < -0.39 is 5.82 Å². The number of para-hydroxylation sites is 1. The molecule has 1 heterocycles. The average Bonchev–Trinajstić information content (AvgIpc) is 2.59. The SMILES string of the molecule is Fc1ccc(CCNc2cnnc(Nc3ccccc3F)n2)cc1. The molecule has 1 aromatic heterocycles. The van der Waals surface area contributed by atoms with Crippen molar-refractivity contribution in [3.63, 3.8) is 0 Å². The highest BCUT2D eigenvalue weighted by molar-refractivity contribution is 5.54. The Labute approximate surface area is 137 Å². The monoisotopic (exact) mass is 327 g/mol. The van der Waals surface area contributed by atoms with Gasteiger partial charge >= 0.3 is 0 Å². The summed E-state index contributed by atoms with van der Waals surface area (Å²) < 4.78 is 26.5. The van der Waals surface area contributed by atoms with Crippen LogP contribution in [0.1, 0.15) is 5.56 Å². The zero-order valence-corrected chi connectivity index (χ0v) is 12.7. The van der Waals surface area contributed by atoms with Gasteiger partial charge in [-0.15, -0.1) is 5.10 Å². The van der Waals surface area contributed by atoms with Crippen LogP contribution >= 0.6 is 0 Å². The van der Waals surface area contributed by atoms with Gasteiger partial charge in [0.1, 0.15) is 11.6 Å². The fraction of sp³-hybridized carbons (Fsp3) is 0.118. The van der Waals surface area contributed by atoms with Gasteiger partial charge in [-0.3, -0.25) is 0 Å². The highest BCUT2D eigenvalue weighted by atomic mass is 19.1. The Kier molecular flexibility index (Phi) is 4.90. The third-order valence-corrected chi connectivity index (χ3v) is 3.31. The number of rotatable bonds is 6. The first-order valence-corrected chi connectivity index (χ1v) is 7.40. The number of aromatic nitrogens is 3. The Morgan fingerprint density at radius 2 is 1.75 bits per heavy atom. The van der Waals surface area contributed by atoms with Crippen molar-refractivity contribution in [1.82, 2.24) is 15.2 Å². The van der Waals surface area contributed by atoms with E-state index in [4.69, 9.17) is 0 Å². The topological polar surface area (TPSA) is 62.7 Å². The standard InChI is InChI=1S/C17H15F2N5/c18-13-7-5-12(6-8-13)9-10-20-16-11-21-24-17(23-16)22-15-4-2-1-3-14(15)19/h1-8,11H,9-10H2,(H2,20,22,23,24). The molecule has 3 aromatic rings. The minimum absolute atomic E-state index is 0.201. The predicted molar refractivity (Wildman–Crippen MR) is 88.1 cm³/mol. The summed E-state index contributed by atoms with van der Waals surface area (Å²) in [5, 5.41) is 13.6. The predicted octanol–water partition coefficient (Wildman–Crippen LogP) is 3.55. The molecule has 0 bridgehead atoms. The summed E-state index contributed by atoms with van der Waals surface area (Å²) in [6, 6.07) is 12.6. The van der Waals surface area contributed by atoms with Crippen LogP contribution in [0.15, 0.2) is 54.7 Å². The molecule has 0 aliphatic heterocycles. The number of hydrogen-bond acceptors (Lipinski definition) is 5. The molecular weight excluding hydrogens is 312 g/mol. The van der Waals surface area contributed by atoms with Crippen LogP contribution in [0.3, 0.4) is 0 Å². The van der Waals surface area contributed by atoms with Crippen molar-refractivity contribution in [3.05, 3.63) is 71.9 Å². The fourth-order valence-electron chi connectivity index (χ4n) is 2.11. The van der Waals surface area contributed by atoms with E-state index in [0.29, 0.717) is 18.8 Å². The van der Waals surface area contributed by atoms with Gasteiger partial charge in [0.15, 0.2) is 5.82 Å². The van der Waals surface area contributed by atoms with E-state index in [1.165, 1.54) is 24.4 Å². The maximum atomic E-state index is 13.6. The van der Waals surface area contributed by atoms with Gasteiger partial charge in [-0.25, -0.2) is 8.78 Å². The van der Waals surface area contributed by atoms with E-state index in [1.807, 2.05) is 0 Å². The summed E-state index contributed by atoms with van der Waals surface area (Å²) in [5.74, 6) is 0.0733. The number of benzene rings is 2. The quantitative estimate of drug-likeness (QED) is 0.725. The lowest BCUT2D eigenvalue weighted by Gasteiger charge is -2.08. The number of nitrogens with zero attached hydrogens (tertiary/aromatic N) is 3. The van der Waals surface area contributed by atoms with E-state index in [2.05, 4.69) is 25.8 Å². The van der Waals surface area contributed by atoms with Gasteiger partial charge in [-0.05, 0) is 36.2 Å². The average molecular weight is 327 g/mol. The van der Waals surface area contributed by atoms with Gasteiger partial charge in [-0.2, -0.15) is 10.1 Å². The van der Waals surface area contributed by atoms with Gasteiger partial charge in [0.2, 0.25) is 5.95 Å². The van der Waals surface area contributed by atoms with Crippen molar-refractivity contribution in [2.24, 2.45) is 0 Å². The third-order valence-electron chi connectivity index (χ3n) is 3.31. The number of halogens is 2. The molecule has 0 atom stereocenters. The Hall–Kier alpha value is -3.09. The van der Waals surface area contributed by atoms with Crippen LogP contribution in [-0.2, 0) is 6.42 Å². The molecular formula is C17H15F2N5. The molecule has 0 aliphatic carbocycles.